The normalized spacial score (nSPS) is 24.7. The van der Waals surface area contributed by atoms with Crippen molar-refractivity contribution in [3.05, 3.63) is 53.8 Å². The maximum atomic E-state index is 13.2. The van der Waals surface area contributed by atoms with Crippen LogP contribution in [-0.4, -0.2) is 18.9 Å². The first-order valence-electron chi connectivity index (χ1n) is 7.74. The van der Waals surface area contributed by atoms with Gasteiger partial charge in [0.1, 0.15) is 5.82 Å². The SMILES string of the molecule is COc1cccc2c1O[C@@]1(C)C[C@@H]2NC(=O)N1c1ccc(F)cc1. The van der Waals surface area contributed by atoms with Crippen molar-refractivity contribution in [1.82, 2.24) is 5.32 Å². The van der Waals surface area contributed by atoms with E-state index in [1.165, 1.54) is 17.0 Å². The molecule has 0 aromatic heterocycles. The molecule has 6 heteroatoms. The number of para-hydroxylation sites is 1. The molecular formula is C18H17FN2O3. The molecule has 2 atom stereocenters. The Morgan fingerprint density at radius 1 is 1.29 bits per heavy atom. The van der Waals surface area contributed by atoms with Gasteiger partial charge in [0.2, 0.25) is 0 Å². The van der Waals surface area contributed by atoms with Gasteiger partial charge in [0.05, 0.1) is 13.2 Å². The summed E-state index contributed by atoms with van der Waals surface area (Å²) in [7, 11) is 1.59. The Balaban J connectivity index is 1.81. The van der Waals surface area contributed by atoms with Crippen molar-refractivity contribution in [3.63, 3.8) is 0 Å². The first-order chi connectivity index (χ1) is 11.5. The molecule has 0 radical (unpaired) electrons. The number of ether oxygens (including phenoxy) is 2. The number of carbonyl (C=O) groups is 1. The molecule has 2 aromatic rings. The summed E-state index contributed by atoms with van der Waals surface area (Å²) in [5.41, 5.74) is 0.596. The number of hydrogen-bond acceptors (Lipinski definition) is 3. The third-order valence-electron chi connectivity index (χ3n) is 4.57. The zero-order valence-electron chi connectivity index (χ0n) is 13.4. The fraction of sp³-hybridized carbons (Fsp3) is 0.278. The third-order valence-corrected chi connectivity index (χ3v) is 4.57. The number of halogens is 1. The van der Waals surface area contributed by atoms with Gasteiger partial charge in [0.15, 0.2) is 17.2 Å². The van der Waals surface area contributed by atoms with E-state index in [9.17, 15) is 9.18 Å². The average molecular weight is 328 g/mol. The highest BCUT2D eigenvalue weighted by Gasteiger charge is 2.50. The van der Waals surface area contributed by atoms with Crippen LogP contribution in [0.5, 0.6) is 11.5 Å². The number of anilines is 1. The van der Waals surface area contributed by atoms with Crippen LogP contribution in [0.1, 0.15) is 24.9 Å². The highest BCUT2D eigenvalue weighted by atomic mass is 19.1. The Morgan fingerprint density at radius 2 is 2.04 bits per heavy atom. The summed E-state index contributed by atoms with van der Waals surface area (Å²) in [6.45, 7) is 1.86. The molecule has 0 spiro atoms. The smallest absolute Gasteiger partial charge is 0.325 e. The number of hydrogen-bond donors (Lipinski definition) is 1. The van der Waals surface area contributed by atoms with Crippen molar-refractivity contribution in [3.8, 4) is 11.5 Å². The van der Waals surface area contributed by atoms with Crippen LogP contribution < -0.4 is 19.7 Å². The van der Waals surface area contributed by atoms with Gasteiger partial charge in [0.25, 0.3) is 0 Å². The fourth-order valence-electron chi connectivity index (χ4n) is 3.50. The highest BCUT2D eigenvalue weighted by molar-refractivity contribution is 5.95. The Kier molecular flexibility index (Phi) is 3.16. The molecule has 124 valence electrons. The average Bonchev–Trinajstić information content (AvgIpc) is 2.55. The minimum absolute atomic E-state index is 0.155. The maximum absolute atomic E-state index is 13.2. The van der Waals surface area contributed by atoms with E-state index < -0.39 is 5.72 Å². The summed E-state index contributed by atoms with van der Waals surface area (Å²) in [4.78, 5) is 14.2. The zero-order valence-corrected chi connectivity index (χ0v) is 13.4. The molecule has 2 heterocycles. The van der Waals surface area contributed by atoms with E-state index >= 15 is 0 Å². The molecule has 0 saturated carbocycles. The number of nitrogens with zero attached hydrogens (tertiary/aromatic N) is 1. The third kappa shape index (κ3) is 2.10. The lowest BCUT2D eigenvalue weighted by atomic mass is 9.90. The molecule has 24 heavy (non-hydrogen) atoms. The Bertz CT molecular complexity index is 808. The Hall–Kier alpha value is -2.76. The largest absolute Gasteiger partial charge is 0.493 e. The van der Waals surface area contributed by atoms with Crippen LogP contribution in [0.2, 0.25) is 0 Å². The second-order valence-corrected chi connectivity index (χ2v) is 6.17. The minimum Gasteiger partial charge on any atom is -0.493 e. The number of nitrogens with one attached hydrogen (secondary N) is 1. The lowest BCUT2D eigenvalue weighted by molar-refractivity contribution is 0.0349. The fourth-order valence-corrected chi connectivity index (χ4v) is 3.50. The maximum Gasteiger partial charge on any atom is 0.325 e. The highest BCUT2D eigenvalue weighted by Crippen LogP contribution is 2.48. The second-order valence-electron chi connectivity index (χ2n) is 6.17. The standard InChI is InChI=1S/C18H17FN2O3/c1-18-10-14(13-4-3-5-15(23-2)16(13)24-18)20-17(22)21(18)12-8-6-11(19)7-9-12/h3-9,14H,10H2,1-2H3,(H,20,22)/t14-,18-/m0/s1. The predicted octanol–water partition coefficient (Wildman–Crippen LogP) is 3.60. The molecular weight excluding hydrogens is 311 g/mol. The molecule has 1 fully saturated rings. The Labute approximate surface area is 139 Å². The van der Waals surface area contributed by atoms with E-state index in [4.69, 9.17) is 9.47 Å². The topological polar surface area (TPSA) is 50.8 Å². The zero-order chi connectivity index (χ0) is 16.9. The van der Waals surface area contributed by atoms with Crippen LogP contribution in [0.25, 0.3) is 0 Å². The summed E-state index contributed by atoms with van der Waals surface area (Å²) in [6.07, 6.45) is 0.580. The molecule has 1 N–H and O–H groups in total. The van der Waals surface area contributed by atoms with Crippen molar-refractivity contribution >= 4 is 11.7 Å². The number of fused-ring (bicyclic) bond motifs is 4. The van der Waals surface area contributed by atoms with Crippen LogP contribution in [-0.2, 0) is 0 Å². The quantitative estimate of drug-likeness (QED) is 0.916. The number of benzene rings is 2. The van der Waals surface area contributed by atoms with Crippen LogP contribution in [0.15, 0.2) is 42.5 Å². The number of methoxy groups -OCH3 is 1. The summed E-state index contributed by atoms with van der Waals surface area (Å²) in [6, 6.07) is 11.0. The summed E-state index contributed by atoms with van der Waals surface area (Å²) >= 11 is 0. The van der Waals surface area contributed by atoms with Crippen LogP contribution in [0.3, 0.4) is 0 Å². The first kappa shape index (κ1) is 14.8. The number of amides is 2. The molecule has 2 aliphatic heterocycles. The summed E-state index contributed by atoms with van der Waals surface area (Å²) in [5.74, 6) is 0.903. The Morgan fingerprint density at radius 3 is 2.75 bits per heavy atom. The van der Waals surface area contributed by atoms with Gasteiger partial charge in [-0.3, -0.25) is 4.90 Å². The van der Waals surface area contributed by atoms with Gasteiger partial charge in [-0.25, -0.2) is 9.18 Å². The summed E-state index contributed by atoms with van der Waals surface area (Å²) < 4.78 is 24.9. The van der Waals surface area contributed by atoms with Crippen LogP contribution in [0, 0.1) is 5.82 Å². The van der Waals surface area contributed by atoms with E-state index in [0.717, 1.165) is 5.56 Å². The molecule has 2 aromatic carbocycles. The van der Waals surface area contributed by atoms with E-state index in [2.05, 4.69) is 5.32 Å². The first-order valence-corrected chi connectivity index (χ1v) is 7.74. The molecule has 2 bridgehead atoms. The van der Waals surface area contributed by atoms with Gasteiger partial charge in [0, 0.05) is 17.7 Å². The molecule has 2 aliphatic rings. The second kappa shape index (κ2) is 5.12. The van der Waals surface area contributed by atoms with Gasteiger partial charge in [-0.1, -0.05) is 12.1 Å². The van der Waals surface area contributed by atoms with E-state index in [0.29, 0.717) is 23.6 Å². The monoisotopic (exact) mass is 328 g/mol. The number of carbonyl (C=O) groups excluding carboxylic acids is 1. The molecule has 2 amide bonds. The molecule has 0 unspecified atom stereocenters. The van der Waals surface area contributed by atoms with Crippen molar-refractivity contribution in [2.75, 3.05) is 12.0 Å². The lowest BCUT2D eigenvalue weighted by Gasteiger charge is -2.50. The van der Waals surface area contributed by atoms with E-state index in [1.807, 2.05) is 25.1 Å². The van der Waals surface area contributed by atoms with E-state index in [1.54, 1.807) is 19.2 Å². The summed E-state index contributed by atoms with van der Waals surface area (Å²) in [5, 5.41) is 3.00. The minimum atomic E-state index is -0.882. The molecule has 5 nitrogen and oxygen atoms in total. The predicted molar refractivity (Wildman–Crippen MR) is 86.8 cm³/mol. The van der Waals surface area contributed by atoms with Crippen molar-refractivity contribution < 1.29 is 18.7 Å². The van der Waals surface area contributed by atoms with Crippen LogP contribution in [0.4, 0.5) is 14.9 Å². The number of urea groups is 1. The number of rotatable bonds is 2. The lowest BCUT2D eigenvalue weighted by Crippen LogP contribution is -2.65. The van der Waals surface area contributed by atoms with Crippen LogP contribution >= 0.6 is 0 Å². The van der Waals surface area contributed by atoms with Gasteiger partial charge in [-0.2, -0.15) is 0 Å². The molecule has 0 aliphatic carbocycles. The molecule has 4 rings (SSSR count). The van der Waals surface area contributed by atoms with Crippen molar-refractivity contribution in [2.45, 2.75) is 25.1 Å². The van der Waals surface area contributed by atoms with Gasteiger partial charge in [-0.15, -0.1) is 0 Å². The van der Waals surface area contributed by atoms with Gasteiger partial charge >= 0.3 is 6.03 Å². The molecule has 1 saturated heterocycles. The van der Waals surface area contributed by atoms with E-state index in [-0.39, 0.29) is 17.9 Å². The van der Waals surface area contributed by atoms with Gasteiger partial charge in [-0.05, 0) is 37.3 Å². The van der Waals surface area contributed by atoms with Crippen molar-refractivity contribution in [2.24, 2.45) is 0 Å². The van der Waals surface area contributed by atoms with Crippen molar-refractivity contribution in [1.29, 1.82) is 0 Å². The van der Waals surface area contributed by atoms with Gasteiger partial charge < -0.3 is 14.8 Å².